The zero-order valence-electron chi connectivity index (χ0n) is 17.2. The van der Waals surface area contributed by atoms with E-state index in [0.717, 1.165) is 71.3 Å². The van der Waals surface area contributed by atoms with Crippen molar-refractivity contribution in [3.63, 3.8) is 0 Å². The second-order valence-electron chi connectivity index (χ2n) is 7.52. The zero-order chi connectivity index (χ0) is 19.8. The van der Waals surface area contributed by atoms with Crippen molar-refractivity contribution in [1.82, 2.24) is 20.4 Å². The highest BCUT2D eigenvalue weighted by Gasteiger charge is 2.23. The predicted octanol–water partition coefficient (Wildman–Crippen LogP) is 0.985. The van der Waals surface area contributed by atoms with E-state index in [1.54, 1.807) is 6.92 Å². The van der Waals surface area contributed by atoms with Crippen LogP contribution in [0.4, 0.5) is 5.69 Å². The molecule has 7 heteroatoms. The number of amides is 1. The highest BCUT2D eigenvalue weighted by atomic mass is 16.2. The van der Waals surface area contributed by atoms with Crippen LogP contribution in [0.2, 0.25) is 0 Å². The molecule has 0 radical (unpaired) electrons. The van der Waals surface area contributed by atoms with E-state index in [2.05, 4.69) is 57.7 Å². The molecule has 154 valence electrons. The Kier molecular flexibility index (Phi) is 7.54. The lowest BCUT2D eigenvalue weighted by Gasteiger charge is -2.33. The maximum atomic E-state index is 11.4. The Bertz CT molecular complexity index is 642. The predicted molar refractivity (Wildman–Crippen MR) is 115 cm³/mol. The monoisotopic (exact) mass is 386 g/mol. The van der Waals surface area contributed by atoms with Crippen molar-refractivity contribution in [3.8, 4) is 0 Å². The number of para-hydroxylation sites is 1. The molecule has 0 spiro atoms. The summed E-state index contributed by atoms with van der Waals surface area (Å²) in [4.78, 5) is 22.9. The van der Waals surface area contributed by atoms with Gasteiger partial charge in [0.2, 0.25) is 5.91 Å². The van der Waals surface area contributed by atoms with Gasteiger partial charge in [-0.2, -0.15) is 0 Å². The lowest BCUT2D eigenvalue weighted by Crippen LogP contribution is -2.49. The standard InChI is InChI=1S/C21H34N6O/c1-3-22-21(23-10-12-25-13-15-26(16-14-25)18(2)28)24-19-9-11-27(17-19)20-7-5-4-6-8-20/h4-8,19H,3,9-17H2,1-2H3,(H2,22,23,24). The van der Waals surface area contributed by atoms with Crippen LogP contribution in [0.3, 0.4) is 0 Å². The molecule has 2 saturated heterocycles. The number of anilines is 1. The van der Waals surface area contributed by atoms with Crippen LogP contribution >= 0.6 is 0 Å². The molecule has 1 aromatic rings. The Balaban J connectivity index is 1.44. The van der Waals surface area contributed by atoms with Crippen LogP contribution in [0.25, 0.3) is 0 Å². The molecule has 1 unspecified atom stereocenters. The topological polar surface area (TPSA) is 63.2 Å². The SMILES string of the molecule is CCNC(=NCCN1CCN(C(C)=O)CC1)NC1CCN(c2ccccc2)C1. The van der Waals surface area contributed by atoms with Crippen LogP contribution < -0.4 is 15.5 Å². The van der Waals surface area contributed by atoms with Gasteiger partial charge in [-0.05, 0) is 25.5 Å². The maximum absolute atomic E-state index is 11.4. The van der Waals surface area contributed by atoms with Gasteiger partial charge in [-0.3, -0.25) is 14.7 Å². The lowest BCUT2D eigenvalue weighted by atomic mass is 10.3. The average molecular weight is 387 g/mol. The second kappa shape index (κ2) is 10.3. The Morgan fingerprint density at radius 3 is 2.57 bits per heavy atom. The van der Waals surface area contributed by atoms with Crippen molar-refractivity contribution in [1.29, 1.82) is 0 Å². The fraction of sp³-hybridized carbons (Fsp3) is 0.619. The lowest BCUT2D eigenvalue weighted by molar-refractivity contribution is -0.130. The number of nitrogens with one attached hydrogen (secondary N) is 2. The summed E-state index contributed by atoms with van der Waals surface area (Å²) in [7, 11) is 0. The van der Waals surface area contributed by atoms with E-state index >= 15 is 0 Å². The number of aliphatic imine (C=N–C) groups is 1. The van der Waals surface area contributed by atoms with Crippen molar-refractivity contribution in [2.45, 2.75) is 26.3 Å². The molecule has 2 N–H and O–H groups in total. The van der Waals surface area contributed by atoms with Gasteiger partial charge in [0.05, 0.1) is 6.54 Å². The molecule has 0 saturated carbocycles. The van der Waals surface area contributed by atoms with Gasteiger partial charge >= 0.3 is 0 Å². The van der Waals surface area contributed by atoms with Crippen LogP contribution in [-0.2, 0) is 4.79 Å². The van der Waals surface area contributed by atoms with Gasteiger partial charge in [0.1, 0.15) is 0 Å². The van der Waals surface area contributed by atoms with Crippen molar-refractivity contribution in [2.75, 3.05) is 63.8 Å². The van der Waals surface area contributed by atoms with E-state index in [0.29, 0.717) is 6.04 Å². The number of piperazine rings is 1. The minimum Gasteiger partial charge on any atom is -0.369 e. The fourth-order valence-electron chi connectivity index (χ4n) is 3.85. The molecule has 1 aromatic carbocycles. The first-order chi connectivity index (χ1) is 13.7. The molecule has 28 heavy (non-hydrogen) atoms. The third kappa shape index (κ3) is 5.86. The van der Waals surface area contributed by atoms with Crippen molar-refractivity contribution >= 4 is 17.6 Å². The summed E-state index contributed by atoms with van der Waals surface area (Å²) < 4.78 is 0. The summed E-state index contributed by atoms with van der Waals surface area (Å²) in [5.41, 5.74) is 1.29. The van der Waals surface area contributed by atoms with Gasteiger partial charge in [0.25, 0.3) is 0 Å². The van der Waals surface area contributed by atoms with Gasteiger partial charge in [0.15, 0.2) is 5.96 Å². The van der Waals surface area contributed by atoms with E-state index in [1.165, 1.54) is 5.69 Å². The minimum absolute atomic E-state index is 0.178. The van der Waals surface area contributed by atoms with Crippen molar-refractivity contribution in [2.24, 2.45) is 4.99 Å². The van der Waals surface area contributed by atoms with Crippen LogP contribution in [0.1, 0.15) is 20.3 Å². The molecular formula is C21H34N6O. The molecule has 2 aliphatic rings. The molecule has 0 aromatic heterocycles. The summed E-state index contributed by atoms with van der Waals surface area (Å²) >= 11 is 0. The number of guanidine groups is 1. The van der Waals surface area contributed by atoms with Crippen LogP contribution in [0.5, 0.6) is 0 Å². The zero-order valence-corrected chi connectivity index (χ0v) is 17.2. The quantitative estimate of drug-likeness (QED) is 0.564. The van der Waals surface area contributed by atoms with E-state index < -0.39 is 0 Å². The van der Waals surface area contributed by atoms with E-state index in [1.807, 2.05) is 4.90 Å². The number of hydrogen-bond donors (Lipinski definition) is 2. The molecule has 0 aliphatic carbocycles. The molecule has 2 aliphatic heterocycles. The summed E-state index contributed by atoms with van der Waals surface area (Å²) in [5, 5.41) is 6.97. The molecule has 0 bridgehead atoms. The fourth-order valence-corrected chi connectivity index (χ4v) is 3.85. The van der Waals surface area contributed by atoms with Crippen LogP contribution in [-0.4, -0.2) is 86.6 Å². The van der Waals surface area contributed by atoms with Gasteiger partial charge in [0, 0.05) is 71.0 Å². The van der Waals surface area contributed by atoms with Gasteiger partial charge in [-0.25, -0.2) is 0 Å². The molecule has 1 amide bonds. The number of carbonyl (C=O) groups excluding carboxylic acids is 1. The number of rotatable bonds is 6. The third-order valence-electron chi connectivity index (χ3n) is 5.50. The largest absolute Gasteiger partial charge is 0.369 e. The second-order valence-corrected chi connectivity index (χ2v) is 7.52. The van der Waals surface area contributed by atoms with Crippen LogP contribution in [0.15, 0.2) is 35.3 Å². The third-order valence-corrected chi connectivity index (χ3v) is 5.50. The van der Waals surface area contributed by atoms with Crippen molar-refractivity contribution < 1.29 is 4.79 Å². The highest BCUT2D eigenvalue weighted by Crippen LogP contribution is 2.19. The molecule has 7 nitrogen and oxygen atoms in total. The summed E-state index contributed by atoms with van der Waals surface area (Å²) in [6.07, 6.45) is 1.12. The summed E-state index contributed by atoms with van der Waals surface area (Å²) in [6, 6.07) is 11.0. The number of carbonyl (C=O) groups is 1. The van der Waals surface area contributed by atoms with E-state index in [-0.39, 0.29) is 5.91 Å². The molecule has 2 heterocycles. The van der Waals surface area contributed by atoms with Crippen molar-refractivity contribution in [3.05, 3.63) is 30.3 Å². The first-order valence-electron chi connectivity index (χ1n) is 10.5. The first-order valence-corrected chi connectivity index (χ1v) is 10.5. The molecular weight excluding hydrogens is 352 g/mol. The van der Waals surface area contributed by atoms with Gasteiger partial charge < -0.3 is 20.4 Å². The summed E-state index contributed by atoms with van der Waals surface area (Å²) in [5.74, 6) is 1.09. The average Bonchev–Trinajstić information content (AvgIpc) is 3.18. The van der Waals surface area contributed by atoms with E-state index in [9.17, 15) is 4.79 Å². The number of nitrogens with zero attached hydrogens (tertiary/aromatic N) is 4. The first kappa shape index (κ1) is 20.5. The molecule has 2 fully saturated rings. The van der Waals surface area contributed by atoms with Gasteiger partial charge in [-0.1, -0.05) is 18.2 Å². The van der Waals surface area contributed by atoms with Gasteiger partial charge in [-0.15, -0.1) is 0 Å². The Labute approximate surface area is 168 Å². The smallest absolute Gasteiger partial charge is 0.219 e. The Morgan fingerprint density at radius 2 is 1.89 bits per heavy atom. The summed E-state index contributed by atoms with van der Waals surface area (Å²) in [6.45, 7) is 11.9. The normalized spacial score (nSPS) is 21.1. The minimum atomic E-state index is 0.178. The van der Waals surface area contributed by atoms with E-state index in [4.69, 9.17) is 4.99 Å². The highest BCUT2D eigenvalue weighted by molar-refractivity contribution is 5.80. The Morgan fingerprint density at radius 1 is 1.14 bits per heavy atom. The molecule has 3 rings (SSSR count). The number of hydrogen-bond acceptors (Lipinski definition) is 4. The number of benzene rings is 1. The Hall–Kier alpha value is -2.28. The van der Waals surface area contributed by atoms with Crippen LogP contribution in [0, 0.1) is 0 Å². The maximum Gasteiger partial charge on any atom is 0.219 e. The molecule has 1 atom stereocenters.